The van der Waals surface area contributed by atoms with Crippen molar-refractivity contribution in [3.8, 4) is 0 Å². The molecule has 0 unspecified atom stereocenters. The zero-order valence-electron chi connectivity index (χ0n) is 15.6. The van der Waals surface area contributed by atoms with Crippen LogP contribution in [0.5, 0.6) is 0 Å². The minimum atomic E-state index is -3.75. The van der Waals surface area contributed by atoms with Crippen molar-refractivity contribution in [3.05, 3.63) is 30.3 Å². The molecular weight excluding hydrogens is 372 g/mol. The van der Waals surface area contributed by atoms with Gasteiger partial charge in [-0.15, -0.1) is 0 Å². The molecule has 0 spiro atoms. The second-order valence-corrected chi connectivity index (χ2v) is 8.27. The van der Waals surface area contributed by atoms with Gasteiger partial charge in [-0.05, 0) is 32.6 Å². The molecule has 10 heteroatoms. The molecule has 27 heavy (non-hydrogen) atoms. The van der Waals surface area contributed by atoms with Gasteiger partial charge >= 0.3 is 11.8 Å². The van der Waals surface area contributed by atoms with Gasteiger partial charge in [-0.3, -0.25) is 9.59 Å². The van der Waals surface area contributed by atoms with Crippen molar-refractivity contribution >= 4 is 21.8 Å². The number of carbonyl (C=O) groups is 2. The van der Waals surface area contributed by atoms with Crippen molar-refractivity contribution in [2.45, 2.75) is 17.5 Å². The summed E-state index contributed by atoms with van der Waals surface area (Å²) in [5.41, 5.74) is 0. The molecule has 1 aliphatic rings. The van der Waals surface area contributed by atoms with Gasteiger partial charge in [-0.25, -0.2) is 8.42 Å². The third-order valence-corrected chi connectivity index (χ3v) is 5.90. The van der Waals surface area contributed by atoms with Gasteiger partial charge in [0.25, 0.3) is 0 Å². The molecule has 1 aliphatic heterocycles. The first-order valence-corrected chi connectivity index (χ1v) is 10.2. The largest absolute Gasteiger partial charge is 0.360 e. The molecule has 1 atom stereocenters. The Morgan fingerprint density at radius 3 is 2.52 bits per heavy atom. The van der Waals surface area contributed by atoms with Crippen molar-refractivity contribution in [2.24, 2.45) is 0 Å². The monoisotopic (exact) mass is 398 g/mol. The molecule has 1 fully saturated rings. The van der Waals surface area contributed by atoms with E-state index < -0.39 is 28.1 Å². The molecule has 1 aromatic rings. The van der Waals surface area contributed by atoms with Crippen LogP contribution in [0.15, 0.2) is 35.2 Å². The SMILES string of the molecule is CN(C)CCNC(=O)C(=O)NC[C@H]1OCCCN1S(=O)(=O)c1ccccc1. The van der Waals surface area contributed by atoms with Crippen LogP contribution in [0.3, 0.4) is 0 Å². The molecule has 150 valence electrons. The van der Waals surface area contributed by atoms with Gasteiger partial charge < -0.3 is 20.3 Å². The predicted octanol–water partition coefficient (Wildman–Crippen LogP) is -0.782. The molecule has 1 saturated heterocycles. The molecule has 2 amide bonds. The average Bonchev–Trinajstić information content (AvgIpc) is 2.66. The molecular formula is C17H26N4O5S. The van der Waals surface area contributed by atoms with Gasteiger partial charge in [0, 0.05) is 19.6 Å². The summed E-state index contributed by atoms with van der Waals surface area (Å²) in [6.45, 7) is 1.51. The van der Waals surface area contributed by atoms with Crippen LogP contribution in [0.2, 0.25) is 0 Å². The summed E-state index contributed by atoms with van der Waals surface area (Å²) in [6.07, 6.45) is -0.302. The molecule has 0 bridgehead atoms. The Balaban J connectivity index is 1.96. The van der Waals surface area contributed by atoms with E-state index in [2.05, 4.69) is 10.6 Å². The van der Waals surface area contributed by atoms with Crippen LogP contribution in [0, 0.1) is 0 Å². The fourth-order valence-corrected chi connectivity index (χ4v) is 4.15. The smallest absolute Gasteiger partial charge is 0.309 e. The Morgan fingerprint density at radius 1 is 1.19 bits per heavy atom. The molecule has 1 heterocycles. The number of carbonyl (C=O) groups excluding carboxylic acids is 2. The lowest BCUT2D eigenvalue weighted by Crippen LogP contribution is -2.53. The van der Waals surface area contributed by atoms with Gasteiger partial charge in [-0.1, -0.05) is 18.2 Å². The van der Waals surface area contributed by atoms with Crippen molar-refractivity contribution in [2.75, 3.05) is 46.9 Å². The fourth-order valence-electron chi connectivity index (χ4n) is 2.56. The normalized spacial score (nSPS) is 18.3. The molecule has 0 radical (unpaired) electrons. The summed E-state index contributed by atoms with van der Waals surface area (Å²) in [5.74, 6) is -1.58. The topological polar surface area (TPSA) is 108 Å². The Labute approximate surface area is 159 Å². The Kier molecular flexibility index (Phi) is 7.72. The van der Waals surface area contributed by atoms with E-state index in [1.165, 1.54) is 16.4 Å². The highest BCUT2D eigenvalue weighted by Gasteiger charge is 2.34. The van der Waals surface area contributed by atoms with Crippen LogP contribution in [0.4, 0.5) is 0 Å². The van der Waals surface area contributed by atoms with E-state index in [0.717, 1.165) is 0 Å². The quantitative estimate of drug-likeness (QED) is 0.584. The van der Waals surface area contributed by atoms with Crippen molar-refractivity contribution in [1.82, 2.24) is 19.8 Å². The second-order valence-electron chi connectivity index (χ2n) is 6.38. The summed E-state index contributed by atoms with van der Waals surface area (Å²) in [4.78, 5) is 25.7. The highest BCUT2D eigenvalue weighted by molar-refractivity contribution is 7.89. The van der Waals surface area contributed by atoms with Crippen LogP contribution in [-0.4, -0.2) is 82.5 Å². The average molecular weight is 398 g/mol. The lowest BCUT2D eigenvalue weighted by atomic mass is 10.3. The number of amides is 2. The maximum atomic E-state index is 12.8. The van der Waals surface area contributed by atoms with E-state index in [9.17, 15) is 18.0 Å². The maximum Gasteiger partial charge on any atom is 0.309 e. The third-order valence-electron chi connectivity index (χ3n) is 3.99. The molecule has 2 N–H and O–H groups in total. The minimum Gasteiger partial charge on any atom is -0.360 e. The summed E-state index contributed by atoms with van der Waals surface area (Å²) >= 11 is 0. The summed E-state index contributed by atoms with van der Waals surface area (Å²) in [5, 5.41) is 4.95. The number of nitrogens with one attached hydrogen (secondary N) is 2. The van der Waals surface area contributed by atoms with Gasteiger partial charge in [0.2, 0.25) is 10.0 Å². The lowest BCUT2D eigenvalue weighted by molar-refractivity contribution is -0.140. The Morgan fingerprint density at radius 2 is 1.85 bits per heavy atom. The van der Waals surface area contributed by atoms with Crippen LogP contribution >= 0.6 is 0 Å². The number of rotatable bonds is 7. The van der Waals surface area contributed by atoms with E-state index in [1.807, 2.05) is 19.0 Å². The number of nitrogens with zero attached hydrogens (tertiary/aromatic N) is 2. The van der Waals surface area contributed by atoms with E-state index in [1.54, 1.807) is 18.2 Å². The van der Waals surface area contributed by atoms with Gasteiger partial charge in [0.1, 0.15) is 6.23 Å². The van der Waals surface area contributed by atoms with E-state index in [-0.39, 0.29) is 18.0 Å². The zero-order chi connectivity index (χ0) is 19.9. The molecule has 0 aliphatic carbocycles. The zero-order valence-corrected chi connectivity index (χ0v) is 16.4. The molecule has 0 aromatic heterocycles. The summed E-state index contributed by atoms with van der Waals surface area (Å²) in [7, 11) is -0.0410. The van der Waals surface area contributed by atoms with Crippen LogP contribution in [0.1, 0.15) is 6.42 Å². The second kappa shape index (κ2) is 9.79. The number of likely N-dealkylation sites (N-methyl/N-ethyl adjacent to an activating group) is 1. The predicted molar refractivity (Wildman–Crippen MR) is 99.3 cm³/mol. The number of hydrogen-bond donors (Lipinski definition) is 2. The first-order chi connectivity index (χ1) is 12.8. The summed E-state index contributed by atoms with van der Waals surface area (Å²) < 4.78 is 32.4. The van der Waals surface area contributed by atoms with Gasteiger partial charge in [-0.2, -0.15) is 4.31 Å². The first kappa shape index (κ1) is 21.3. The van der Waals surface area contributed by atoms with Crippen LogP contribution in [-0.2, 0) is 24.3 Å². The van der Waals surface area contributed by atoms with E-state index in [4.69, 9.17) is 4.74 Å². The highest BCUT2D eigenvalue weighted by Crippen LogP contribution is 2.21. The fraction of sp³-hybridized carbons (Fsp3) is 0.529. The van der Waals surface area contributed by atoms with E-state index >= 15 is 0 Å². The number of hydrogen-bond acceptors (Lipinski definition) is 6. The molecule has 0 saturated carbocycles. The Hall–Kier alpha value is -2.01. The van der Waals surface area contributed by atoms with Gasteiger partial charge in [0.05, 0.1) is 18.0 Å². The minimum absolute atomic E-state index is 0.105. The van der Waals surface area contributed by atoms with Crippen LogP contribution in [0.25, 0.3) is 0 Å². The number of sulfonamides is 1. The first-order valence-electron chi connectivity index (χ1n) is 8.71. The van der Waals surface area contributed by atoms with Crippen molar-refractivity contribution in [3.63, 3.8) is 0 Å². The molecule has 9 nitrogen and oxygen atoms in total. The third kappa shape index (κ3) is 5.99. The van der Waals surface area contributed by atoms with Crippen molar-refractivity contribution in [1.29, 1.82) is 0 Å². The number of benzene rings is 1. The highest BCUT2D eigenvalue weighted by atomic mass is 32.2. The molecule has 2 rings (SSSR count). The number of ether oxygens (including phenoxy) is 1. The van der Waals surface area contributed by atoms with E-state index in [0.29, 0.717) is 26.1 Å². The maximum absolute atomic E-state index is 12.8. The molecule has 1 aromatic carbocycles. The lowest BCUT2D eigenvalue weighted by Gasteiger charge is -2.34. The van der Waals surface area contributed by atoms with Crippen LogP contribution < -0.4 is 10.6 Å². The van der Waals surface area contributed by atoms with Crippen molar-refractivity contribution < 1.29 is 22.7 Å². The summed E-state index contributed by atoms with van der Waals surface area (Å²) in [6, 6.07) is 8.05. The Bertz CT molecular complexity index is 739. The van der Waals surface area contributed by atoms with Gasteiger partial charge in [0.15, 0.2) is 0 Å². The standard InChI is InChI=1S/C17H26N4O5S/c1-20(2)11-9-18-16(22)17(23)19-13-15-21(10-6-12-26-15)27(24,25)14-7-4-3-5-8-14/h3-5,7-8,15H,6,9-13H2,1-2H3,(H,18,22)(H,19,23)/t15-/m1/s1.